The van der Waals surface area contributed by atoms with E-state index in [1.807, 2.05) is 28.2 Å². The lowest BCUT2D eigenvalue weighted by Gasteiger charge is -2.04. The second kappa shape index (κ2) is 8.47. The molecule has 0 fully saturated rings. The highest BCUT2D eigenvalue weighted by Gasteiger charge is 2.24. The van der Waals surface area contributed by atoms with E-state index >= 15 is 0 Å². The number of hydrogen-bond donors (Lipinski definition) is 0. The Morgan fingerprint density at radius 2 is 1.87 bits per heavy atom. The fourth-order valence-electron chi connectivity index (χ4n) is 1.73. The van der Waals surface area contributed by atoms with Gasteiger partial charge in [0, 0.05) is 40.5 Å². The number of carbonyl (C=O) groups is 2. The average molecular weight is 337 g/mol. The summed E-state index contributed by atoms with van der Waals surface area (Å²) in [5.74, 6) is -0.610. The van der Waals surface area contributed by atoms with Crippen LogP contribution in [0.1, 0.15) is 32.5 Å². The second-order valence-electron chi connectivity index (χ2n) is 5.31. The molecule has 0 radical (unpaired) electrons. The lowest BCUT2D eigenvalue weighted by Crippen LogP contribution is -2.08. The lowest BCUT2D eigenvalue weighted by molar-refractivity contribution is 0.0527. The van der Waals surface area contributed by atoms with E-state index in [1.165, 1.54) is 17.4 Å². The highest BCUT2D eigenvalue weighted by Crippen LogP contribution is 2.36. The summed E-state index contributed by atoms with van der Waals surface area (Å²) in [7, 11) is 7.34. The van der Waals surface area contributed by atoms with Gasteiger partial charge in [-0.05, 0) is 19.4 Å². The van der Waals surface area contributed by atoms with Crippen LogP contribution in [0.4, 0.5) is 5.00 Å². The summed E-state index contributed by atoms with van der Waals surface area (Å²) in [5.41, 5.74) is 0.962. The van der Waals surface area contributed by atoms with Crippen LogP contribution in [0, 0.1) is 6.92 Å². The Bertz CT molecular complexity index is 631. The van der Waals surface area contributed by atoms with Gasteiger partial charge in [-0.25, -0.2) is 9.79 Å². The number of nitrogens with zero attached hydrogens (tertiary/aromatic N) is 3. The first-order valence-corrected chi connectivity index (χ1v) is 7.99. The SMILES string of the molecule is CCOC(=O)c1c(/N=C/N(C)C)sc(C(=O)/C=C/N(C)C)c1C. The standard InChI is InChI=1S/C16H23N3O3S/c1-7-22-16(21)13-11(2)14(12(20)8-9-18(3)4)23-15(13)17-10-19(5)6/h8-10H,7H2,1-6H3/b9-8+,17-10+. The smallest absolute Gasteiger partial charge is 0.341 e. The molecule has 23 heavy (non-hydrogen) atoms. The van der Waals surface area contributed by atoms with Crippen LogP contribution in [0.3, 0.4) is 0 Å². The van der Waals surface area contributed by atoms with E-state index in [0.29, 0.717) is 21.0 Å². The number of carbonyl (C=O) groups excluding carboxylic acids is 2. The Balaban J connectivity index is 3.31. The van der Waals surface area contributed by atoms with Gasteiger partial charge in [-0.15, -0.1) is 11.3 Å². The number of ether oxygens (including phenoxy) is 1. The van der Waals surface area contributed by atoms with Crippen molar-refractivity contribution in [3.8, 4) is 0 Å². The molecular weight excluding hydrogens is 314 g/mol. The van der Waals surface area contributed by atoms with Gasteiger partial charge < -0.3 is 14.5 Å². The van der Waals surface area contributed by atoms with Crippen molar-refractivity contribution in [1.82, 2.24) is 9.80 Å². The minimum absolute atomic E-state index is 0.155. The molecular formula is C16H23N3O3S. The quantitative estimate of drug-likeness (QED) is 0.252. The molecule has 1 rings (SSSR count). The van der Waals surface area contributed by atoms with E-state index in [4.69, 9.17) is 4.74 Å². The molecule has 6 nitrogen and oxygen atoms in total. The summed E-state index contributed by atoms with van der Waals surface area (Å²) in [6.07, 6.45) is 4.75. The Kier molecular flexibility index (Phi) is 6.96. The average Bonchev–Trinajstić information content (AvgIpc) is 2.79. The zero-order valence-electron chi connectivity index (χ0n) is 14.4. The predicted octanol–water partition coefficient (Wildman–Crippen LogP) is 2.71. The predicted molar refractivity (Wildman–Crippen MR) is 94.0 cm³/mol. The number of ketones is 1. The molecule has 0 aliphatic carbocycles. The largest absolute Gasteiger partial charge is 0.462 e. The molecule has 0 atom stereocenters. The van der Waals surface area contributed by atoms with E-state index in [0.717, 1.165) is 0 Å². The number of rotatable bonds is 7. The monoisotopic (exact) mass is 337 g/mol. The maximum atomic E-state index is 12.3. The molecule has 126 valence electrons. The van der Waals surface area contributed by atoms with Crippen molar-refractivity contribution in [1.29, 1.82) is 0 Å². The second-order valence-corrected chi connectivity index (χ2v) is 6.31. The molecule has 0 spiro atoms. The summed E-state index contributed by atoms with van der Waals surface area (Å²) < 4.78 is 5.09. The summed E-state index contributed by atoms with van der Waals surface area (Å²) in [6, 6.07) is 0. The first-order chi connectivity index (χ1) is 10.8. The summed E-state index contributed by atoms with van der Waals surface area (Å²) in [4.78, 5) is 32.9. The van der Waals surface area contributed by atoms with E-state index in [9.17, 15) is 9.59 Å². The summed E-state index contributed by atoms with van der Waals surface area (Å²) in [6.45, 7) is 3.76. The lowest BCUT2D eigenvalue weighted by atomic mass is 10.1. The van der Waals surface area contributed by atoms with Crippen LogP contribution < -0.4 is 0 Å². The molecule has 7 heteroatoms. The summed E-state index contributed by atoms with van der Waals surface area (Å²) >= 11 is 1.20. The third-order valence-corrected chi connectivity index (χ3v) is 3.98. The molecule has 0 bridgehead atoms. The molecule has 0 amide bonds. The molecule has 0 aromatic carbocycles. The number of allylic oxidation sites excluding steroid dienone is 1. The van der Waals surface area contributed by atoms with Gasteiger partial charge in [0.25, 0.3) is 0 Å². The van der Waals surface area contributed by atoms with E-state index in [1.54, 1.807) is 36.2 Å². The summed E-state index contributed by atoms with van der Waals surface area (Å²) in [5, 5.41) is 0.483. The highest BCUT2D eigenvalue weighted by molar-refractivity contribution is 7.18. The topological polar surface area (TPSA) is 62.2 Å². The maximum Gasteiger partial charge on any atom is 0.341 e. The molecule has 0 saturated carbocycles. The molecule has 0 unspecified atom stereocenters. The van der Waals surface area contributed by atoms with Crippen molar-refractivity contribution in [2.45, 2.75) is 13.8 Å². The van der Waals surface area contributed by atoms with Crippen LogP contribution in [0.2, 0.25) is 0 Å². The minimum Gasteiger partial charge on any atom is -0.462 e. The Morgan fingerprint density at radius 1 is 1.22 bits per heavy atom. The third-order valence-electron chi connectivity index (χ3n) is 2.76. The number of aliphatic imine (C=N–C) groups is 1. The highest BCUT2D eigenvalue weighted by atomic mass is 32.1. The molecule has 0 N–H and O–H groups in total. The van der Waals surface area contributed by atoms with Gasteiger partial charge >= 0.3 is 5.97 Å². The number of hydrogen-bond acceptors (Lipinski definition) is 6. The molecule has 1 aromatic heterocycles. The zero-order valence-corrected chi connectivity index (χ0v) is 15.2. The zero-order chi connectivity index (χ0) is 17.6. The minimum atomic E-state index is -0.456. The normalized spacial score (nSPS) is 11.2. The first-order valence-electron chi connectivity index (χ1n) is 7.18. The van der Waals surface area contributed by atoms with Gasteiger partial charge in [0.1, 0.15) is 10.6 Å². The van der Waals surface area contributed by atoms with Gasteiger partial charge in [-0.1, -0.05) is 0 Å². The van der Waals surface area contributed by atoms with Crippen molar-refractivity contribution in [3.05, 3.63) is 28.3 Å². The molecule has 0 aliphatic rings. The van der Waals surface area contributed by atoms with Crippen LogP contribution in [0.5, 0.6) is 0 Å². The van der Waals surface area contributed by atoms with Crippen molar-refractivity contribution in [2.75, 3.05) is 34.8 Å². The Hall–Kier alpha value is -2.15. The van der Waals surface area contributed by atoms with Crippen LogP contribution >= 0.6 is 11.3 Å². The van der Waals surface area contributed by atoms with Crippen LogP contribution in [-0.2, 0) is 4.74 Å². The van der Waals surface area contributed by atoms with E-state index in [2.05, 4.69) is 4.99 Å². The van der Waals surface area contributed by atoms with E-state index < -0.39 is 5.97 Å². The fourth-order valence-corrected chi connectivity index (χ4v) is 2.78. The van der Waals surface area contributed by atoms with E-state index in [-0.39, 0.29) is 12.4 Å². The first kappa shape index (κ1) is 18.9. The fraction of sp³-hybridized carbons (Fsp3) is 0.438. The van der Waals surface area contributed by atoms with Crippen molar-refractivity contribution >= 4 is 34.4 Å². The van der Waals surface area contributed by atoms with Crippen LogP contribution in [-0.4, -0.2) is 62.7 Å². The van der Waals surface area contributed by atoms with Gasteiger partial charge in [0.15, 0.2) is 5.78 Å². The third kappa shape index (κ3) is 5.21. The van der Waals surface area contributed by atoms with Gasteiger partial charge in [-0.3, -0.25) is 4.79 Å². The molecule has 0 saturated heterocycles. The van der Waals surface area contributed by atoms with Crippen LogP contribution in [0.15, 0.2) is 17.3 Å². The van der Waals surface area contributed by atoms with Gasteiger partial charge in [-0.2, -0.15) is 0 Å². The van der Waals surface area contributed by atoms with Crippen molar-refractivity contribution in [3.63, 3.8) is 0 Å². The maximum absolute atomic E-state index is 12.3. The number of esters is 1. The Labute approximate surface area is 141 Å². The van der Waals surface area contributed by atoms with Gasteiger partial charge in [0.05, 0.1) is 17.8 Å². The molecule has 1 heterocycles. The Morgan fingerprint density at radius 3 is 2.39 bits per heavy atom. The van der Waals surface area contributed by atoms with Crippen molar-refractivity contribution in [2.24, 2.45) is 4.99 Å². The van der Waals surface area contributed by atoms with Gasteiger partial charge in [0.2, 0.25) is 0 Å². The van der Waals surface area contributed by atoms with Crippen molar-refractivity contribution < 1.29 is 14.3 Å². The van der Waals surface area contributed by atoms with Crippen LogP contribution in [0.25, 0.3) is 0 Å². The molecule has 1 aromatic rings. The molecule has 0 aliphatic heterocycles. The number of thiophene rings is 1.